The van der Waals surface area contributed by atoms with Crippen molar-refractivity contribution in [1.29, 1.82) is 0 Å². The van der Waals surface area contributed by atoms with Crippen LogP contribution in [0.5, 0.6) is 0 Å². The van der Waals surface area contributed by atoms with Crippen molar-refractivity contribution in [2.24, 2.45) is 0 Å². The van der Waals surface area contributed by atoms with Gasteiger partial charge in [-0.1, -0.05) is 12.1 Å². The fourth-order valence-corrected chi connectivity index (χ4v) is 1.39. The molecule has 0 atom stereocenters. The molecule has 83 valence electrons. The Balaban J connectivity index is 2.48. The summed E-state index contributed by atoms with van der Waals surface area (Å²) >= 11 is 0. The van der Waals surface area contributed by atoms with Gasteiger partial charge in [0.2, 0.25) is 0 Å². The largest absolute Gasteiger partial charge is 0.435 e. The van der Waals surface area contributed by atoms with Gasteiger partial charge in [0.25, 0.3) is 0 Å². The second kappa shape index (κ2) is 3.66. The predicted octanol–water partition coefficient (Wildman–Crippen LogP) is 3.00. The van der Waals surface area contributed by atoms with Gasteiger partial charge in [0.15, 0.2) is 5.69 Å². The summed E-state index contributed by atoms with van der Waals surface area (Å²) in [6, 6.07) is 10.4. The van der Waals surface area contributed by atoms with E-state index in [-0.39, 0.29) is 0 Å². The second-order valence-electron chi connectivity index (χ2n) is 3.34. The Morgan fingerprint density at radius 2 is 2.12 bits per heavy atom. The molecule has 2 rings (SSSR count). The highest BCUT2D eigenvalue weighted by molar-refractivity contribution is 5.32. The lowest BCUT2D eigenvalue weighted by atomic mass is 10.3. The van der Waals surface area contributed by atoms with Crippen molar-refractivity contribution in [3.05, 3.63) is 47.8 Å². The summed E-state index contributed by atoms with van der Waals surface area (Å²) in [5.74, 6) is 0. The summed E-state index contributed by atoms with van der Waals surface area (Å²) in [5.41, 5.74) is 0.122. The zero-order valence-electron chi connectivity index (χ0n) is 8.42. The van der Waals surface area contributed by atoms with E-state index in [1.165, 1.54) is 4.68 Å². The first kappa shape index (κ1) is 10.7. The topological polar surface area (TPSA) is 17.8 Å². The van der Waals surface area contributed by atoms with Gasteiger partial charge in [0, 0.05) is 5.69 Å². The first-order valence-corrected chi connectivity index (χ1v) is 4.59. The Bertz CT molecular complexity index is 486. The van der Waals surface area contributed by atoms with Crippen LogP contribution in [0.15, 0.2) is 30.3 Å². The average Bonchev–Trinajstić information content (AvgIpc) is 2.61. The Morgan fingerprint density at radius 1 is 1.38 bits per heavy atom. The van der Waals surface area contributed by atoms with E-state index >= 15 is 0 Å². The third-order valence-electron chi connectivity index (χ3n) is 2.11. The standard InChI is InChI=1S/C11H8F3N2/c1-8-7-10(11(12,13)14)15-16(8)9-5-3-2-4-6-9/h2-3,5-7H,1H3. The van der Waals surface area contributed by atoms with Gasteiger partial charge in [-0.3, -0.25) is 0 Å². The van der Waals surface area contributed by atoms with Crippen molar-refractivity contribution in [1.82, 2.24) is 9.78 Å². The lowest BCUT2D eigenvalue weighted by molar-refractivity contribution is -0.141. The highest BCUT2D eigenvalue weighted by Gasteiger charge is 2.34. The maximum absolute atomic E-state index is 12.4. The molecule has 2 nitrogen and oxygen atoms in total. The first-order chi connectivity index (χ1) is 7.48. The van der Waals surface area contributed by atoms with E-state index in [0.29, 0.717) is 11.4 Å². The van der Waals surface area contributed by atoms with Gasteiger partial charge in [-0.2, -0.15) is 18.3 Å². The van der Waals surface area contributed by atoms with Gasteiger partial charge in [0.05, 0.1) is 5.69 Å². The number of aromatic nitrogens is 2. The third-order valence-corrected chi connectivity index (χ3v) is 2.11. The summed E-state index contributed by atoms with van der Waals surface area (Å²) in [6.45, 7) is 1.58. The molecule has 5 heteroatoms. The van der Waals surface area contributed by atoms with Gasteiger partial charge < -0.3 is 0 Å². The van der Waals surface area contributed by atoms with Gasteiger partial charge >= 0.3 is 6.18 Å². The van der Waals surface area contributed by atoms with Crippen molar-refractivity contribution in [3.8, 4) is 5.69 Å². The van der Waals surface area contributed by atoms with E-state index in [2.05, 4.69) is 11.2 Å². The Labute approximate surface area is 90.3 Å². The van der Waals surface area contributed by atoms with Crippen molar-refractivity contribution in [2.45, 2.75) is 13.1 Å². The number of rotatable bonds is 1. The molecule has 16 heavy (non-hydrogen) atoms. The third kappa shape index (κ3) is 1.93. The molecule has 1 radical (unpaired) electrons. The van der Waals surface area contributed by atoms with E-state index in [9.17, 15) is 13.2 Å². The number of halogens is 3. The van der Waals surface area contributed by atoms with Gasteiger partial charge in [0.1, 0.15) is 0 Å². The molecule has 1 heterocycles. The van der Waals surface area contributed by atoms with Crippen LogP contribution in [0, 0.1) is 13.0 Å². The molecule has 2 aromatic rings. The minimum Gasteiger partial charge on any atom is -0.237 e. The van der Waals surface area contributed by atoms with Crippen LogP contribution in [0.1, 0.15) is 11.4 Å². The maximum Gasteiger partial charge on any atom is 0.435 e. The summed E-state index contributed by atoms with van der Waals surface area (Å²) in [6.07, 6.45) is -4.41. The Kier molecular flexibility index (Phi) is 2.46. The van der Waals surface area contributed by atoms with E-state index in [4.69, 9.17) is 0 Å². The number of nitrogens with zero attached hydrogens (tertiary/aromatic N) is 2. The number of alkyl halides is 3. The van der Waals surface area contributed by atoms with E-state index < -0.39 is 11.9 Å². The molecule has 0 saturated carbocycles. The number of benzene rings is 1. The smallest absolute Gasteiger partial charge is 0.237 e. The molecule has 1 aromatic carbocycles. The lowest BCUT2D eigenvalue weighted by Crippen LogP contribution is -2.07. The van der Waals surface area contributed by atoms with E-state index in [1.807, 2.05) is 0 Å². The Hall–Kier alpha value is -1.78. The highest BCUT2D eigenvalue weighted by Crippen LogP contribution is 2.29. The van der Waals surface area contributed by atoms with Gasteiger partial charge in [-0.25, -0.2) is 4.68 Å². The van der Waals surface area contributed by atoms with Crippen LogP contribution in [0.4, 0.5) is 13.2 Å². The highest BCUT2D eigenvalue weighted by atomic mass is 19.4. The second-order valence-corrected chi connectivity index (χ2v) is 3.34. The monoisotopic (exact) mass is 225 g/mol. The van der Waals surface area contributed by atoms with Crippen LogP contribution in [-0.2, 0) is 6.18 Å². The molecule has 0 aliphatic rings. The number of hydrogen-bond acceptors (Lipinski definition) is 1. The van der Waals surface area contributed by atoms with Crippen molar-refractivity contribution in [2.75, 3.05) is 0 Å². The van der Waals surface area contributed by atoms with Gasteiger partial charge in [-0.05, 0) is 31.2 Å². The lowest BCUT2D eigenvalue weighted by Gasteiger charge is -2.03. The Morgan fingerprint density at radius 3 is 2.62 bits per heavy atom. The van der Waals surface area contributed by atoms with Crippen LogP contribution in [-0.4, -0.2) is 9.78 Å². The normalized spacial score (nSPS) is 11.8. The van der Waals surface area contributed by atoms with Crippen LogP contribution >= 0.6 is 0 Å². The molecule has 0 unspecified atom stereocenters. The molecular weight excluding hydrogens is 217 g/mol. The summed E-state index contributed by atoms with van der Waals surface area (Å²) in [7, 11) is 0. The molecule has 0 aliphatic carbocycles. The first-order valence-electron chi connectivity index (χ1n) is 4.59. The predicted molar refractivity (Wildman–Crippen MR) is 52.1 cm³/mol. The fraction of sp³-hybridized carbons (Fsp3) is 0.182. The molecule has 0 bridgehead atoms. The van der Waals surface area contributed by atoms with Crippen LogP contribution < -0.4 is 0 Å². The molecule has 0 N–H and O–H groups in total. The fourth-order valence-electron chi connectivity index (χ4n) is 1.39. The van der Waals surface area contributed by atoms with Crippen LogP contribution in [0.25, 0.3) is 5.69 Å². The van der Waals surface area contributed by atoms with E-state index in [1.54, 1.807) is 31.2 Å². The molecule has 0 fully saturated rings. The van der Waals surface area contributed by atoms with E-state index in [0.717, 1.165) is 6.07 Å². The summed E-state index contributed by atoms with van der Waals surface area (Å²) < 4.78 is 38.5. The van der Waals surface area contributed by atoms with Crippen LogP contribution in [0.2, 0.25) is 0 Å². The molecule has 0 aliphatic heterocycles. The van der Waals surface area contributed by atoms with Crippen LogP contribution in [0.3, 0.4) is 0 Å². The number of hydrogen-bond donors (Lipinski definition) is 0. The van der Waals surface area contributed by atoms with Crippen molar-refractivity contribution in [3.63, 3.8) is 0 Å². The summed E-state index contributed by atoms with van der Waals surface area (Å²) in [5, 5.41) is 3.52. The van der Waals surface area contributed by atoms with Crippen molar-refractivity contribution < 1.29 is 13.2 Å². The number of aryl methyl sites for hydroxylation is 1. The zero-order valence-corrected chi connectivity index (χ0v) is 8.42. The SMILES string of the molecule is Cc1cc(C(F)(F)F)nn1-c1c[c]ccc1. The molecule has 0 spiro atoms. The zero-order chi connectivity index (χ0) is 11.8. The minimum absolute atomic E-state index is 0.437. The van der Waals surface area contributed by atoms with Gasteiger partial charge in [-0.15, -0.1) is 0 Å². The summed E-state index contributed by atoms with van der Waals surface area (Å²) in [4.78, 5) is 0. The minimum atomic E-state index is -4.41. The quantitative estimate of drug-likeness (QED) is 0.729. The molecular formula is C11H8F3N2. The molecule has 0 amide bonds. The molecule has 0 saturated heterocycles. The molecule has 1 aromatic heterocycles. The average molecular weight is 225 g/mol. The maximum atomic E-state index is 12.4. The van der Waals surface area contributed by atoms with Crippen molar-refractivity contribution >= 4 is 0 Å².